The summed E-state index contributed by atoms with van der Waals surface area (Å²) >= 11 is 0. The van der Waals surface area contributed by atoms with Crippen molar-refractivity contribution in [2.45, 2.75) is 32.6 Å². The molecule has 1 amide bonds. The summed E-state index contributed by atoms with van der Waals surface area (Å²) in [6.07, 6.45) is 8.59. The second-order valence-corrected chi connectivity index (χ2v) is 7.41. The molecule has 2 atom stereocenters. The molecule has 2 N–H and O–H groups in total. The second-order valence-electron chi connectivity index (χ2n) is 7.41. The Morgan fingerprint density at radius 1 is 1.25 bits per heavy atom. The van der Waals surface area contributed by atoms with Gasteiger partial charge in [-0.05, 0) is 37.5 Å². The van der Waals surface area contributed by atoms with Gasteiger partial charge in [-0.1, -0.05) is 12.1 Å². The number of ketones is 1. The average Bonchev–Trinajstić information content (AvgIpc) is 3.08. The first-order valence-electron chi connectivity index (χ1n) is 9.37. The van der Waals surface area contributed by atoms with E-state index >= 15 is 0 Å². The number of hydrogen-bond acceptors (Lipinski definition) is 5. The van der Waals surface area contributed by atoms with Crippen LogP contribution in [0.1, 0.15) is 36.8 Å². The summed E-state index contributed by atoms with van der Waals surface area (Å²) in [5.74, 6) is -0.400. The molecule has 7 heteroatoms. The maximum atomic E-state index is 13.2. The first-order chi connectivity index (χ1) is 13.4. The number of nitrogens with one attached hydrogen (secondary N) is 2. The number of Topliss-reactive ketones (excluding diaryl/α,β-unsaturated/α-hetero) is 1. The highest BCUT2D eigenvalue weighted by Crippen LogP contribution is 2.43. The Balaban J connectivity index is 1.76. The summed E-state index contributed by atoms with van der Waals surface area (Å²) in [5, 5.41) is 10.4. The number of carbonyl (C=O) groups is 2. The molecule has 144 valence electrons. The molecule has 0 saturated heterocycles. The predicted octanol–water partition coefficient (Wildman–Crippen LogP) is 2.59. The van der Waals surface area contributed by atoms with Crippen molar-refractivity contribution in [3.8, 4) is 0 Å². The van der Waals surface area contributed by atoms with Gasteiger partial charge in [0, 0.05) is 48.7 Å². The molecule has 0 radical (unpaired) electrons. The maximum absolute atomic E-state index is 13.2. The molecule has 2 aliphatic rings. The van der Waals surface area contributed by atoms with E-state index in [1.165, 1.54) is 0 Å². The third kappa shape index (κ3) is 3.24. The van der Waals surface area contributed by atoms with E-state index in [9.17, 15) is 9.59 Å². The van der Waals surface area contributed by atoms with Crippen molar-refractivity contribution < 1.29 is 9.59 Å². The van der Waals surface area contributed by atoms with Gasteiger partial charge in [-0.15, -0.1) is 0 Å². The van der Waals surface area contributed by atoms with E-state index in [0.29, 0.717) is 17.8 Å². The van der Waals surface area contributed by atoms with Crippen LogP contribution in [0.3, 0.4) is 0 Å². The summed E-state index contributed by atoms with van der Waals surface area (Å²) in [5.41, 5.74) is 4.05. The topological polar surface area (TPSA) is 88.9 Å². The first-order valence-corrected chi connectivity index (χ1v) is 9.37. The van der Waals surface area contributed by atoms with Crippen molar-refractivity contribution >= 4 is 17.5 Å². The Hall–Kier alpha value is -3.22. The minimum Gasteiger partial charge on any atom is -0.362 e. The Bertz CT molecular complexity index is 1000. The lowest BCUT2D eigenvalue weighted by Crippen LogP contribution is -2.41. The zero-order valence-electron chi connectivity index (χ0n) is 16.2. The van der Waals surface area contributed by atoms with Gasteiger partial charge in [-0.3, -0.25) is 14.3 Å². The highest BCUT2D eigenvalue weighted by atomic mass is 16.2. The van der Waals surface area contributed by atoms with Gasteiger partial charge >= 0.3 is 0 Å². The summed E-state index contributed by atoms with van der Waals surface area (Å²) in [4.78, 5) is 30.3. The molecule has 4 rings (SSSR count). The number of fused-ring (bicyclic) bond motifs is 1. The van der Waals surface area contributed by atoms with Crippen molar-refractivity contribution in [3.05, 3.63) is 64.9 Å². The van der Waals surface area contributed by atoms with Crippen molar-refractivity contribution in [2.75, 3.05) is 5.32 Å². The van der Waals surface area contributed by atoms with Crippen LogP contribution in [-0.2, 0) is 16.6 Å². The number of hydrogen-bond donors (Lipinski definition) is 2. The molecule has 0 bridgehead atoms. The van der Waals surface area contributed by atoms with Crippen LogP contribution in [0.2, 0.25) is 0 Å². The van der Waals surface area contributed by atoms with Crippen LogP contribution in [0, 0.1) is 12.8 Å². The molecular weight excluding hydrogens is 354 g/mol. The normalized spacial score (nSPS) is 21.7. The summed E-state index contributed by atoms with van der Waals surface area (Å²) in [7, 11) is 1.83. The zero-order chi connectivity index (χ0) is 19.8. The fourth-order valence-corrected chi connectivity index (χ4v) is 4.00. The standard InChI is InChI=1S/C21H23N5O2/c1-12-7-8-17(22-9-12)25-21(28)18-13(2)24-15-5-4-6-16(27)20(15)19(18)14-10-23-26(3)11-14/h5,7-11,19-20,24H,4,6H2,1-3H3,(H,22,25,28). The molecule has 2 aromatic heterocycles. The fourth-order valence-electron chi connectivity index (χ4n) is 4.00. The van der Waals surface area contributed by atoms with Crippen molar-refractivity contribution in [1.29, 1.82) is 0 Å². The molecule has 3 heterocycles. The van der Waals surface area contributed by atoms with Crippen LogP contribution in [0.25, 0.3) is 0 Å². The Labute approximate surface area is 163 Å². The highest BCUT2D eigenvalue weighted by molar-refractivity contribution is 6.06. The van der Waals surface area contributed by atoms with Crippen LogP contribution >= 0.6 is 0 Å². The molecule has 2 unspecified atom stereocenters. The third-order valence-corrected chi connectivity index (χ3v) is 5.30. The molecule has 0 saturated carbocycles. The lowest BCUT2D eigenvalue weighted by Gasteiger charge is -2.37. The van der Waals surface area contributed by atoms with E-state index in [2.05, 4.69) is 26.8 Å². The smallest absolute Gasteiger partial charge is 0.255 e. The number of aryl methyl sites for hydroxylation is 2. The number of rotatable bonds is 3. The number of aromatic nitrogens is 3. The van der Waals surface area contributed by atoms with Crippen LogP contribution in [0.4, 0.5) is 5.82 Å². The monoisotopic (exact) mass is 377 g/mol. The van der Waals surface area contributed by atoms with E-state index in [4.69, 9.17) is 0 Å². The number of nitrogens with zero attached hydrogens (tertiary/aromatic N) is 3. The highest BCUT2D eigenvalue weighted by Gasteiger charge is 2.43. The fraction of sp³-hybridized carbons (Fsp3) is 0.333. The molecule has 28 heavy (non-hydrogen) atoms. The van der Waals surface area contributed by atoms with Gasteiger partial charge in [0.1, 0.15) is 11.6 Å². The van der Waals surface area contributed by atoms with Gasteiger partial charge in [0.05, 0.1) is 12.1 Å². The van der Waals surface area contributed by atoms with Gasteiger partial charge in [-0.2, -0.15) is 5.10 Å². The molecule has 1 aliphatic carbocycles. The van der Waals surface area contributed by atoms with Crippen LogP contribution in [0.15, 0.2) is 53.8 Å². The molecular formula is C21H23N5O2. The number of amides is 1. The Morgan fingerprint density at radius 3 is 2.75 bits per heavy atom. The van der Waals surface area contributed by atoms with E-state index < -0.39 is 5.92 Å². The van der Waals surface area contributed by atoms with E-state index in [-0.39, 0.29) is 17.6 Å². The maximum Gasteiger partial charge on any atom is 0.255 e. The molecule has 7 nitrogen and oxygen atoms in total. The van der Waals surface area contributed by atoms with E-state index in [1.54, 1.807) is 23.1 Å². The van der Waals surface area contributed by atoms with E-state index in [1.807, 2.05) is 33.2 Å². The first kappa shape index (κ1) is 18.2. The summed E-state index contributed by atoms with van der Waals surface area (Å²) < 4.78 is 1.69. The minimum absolute atomic E-state index is 0.144. The van der Waals surface area contributed by atoms with Gasteiger partial charge < -0.3 is 10.6 Å². The number of anilines is 1. The number of pyridine rings is 1. The van der Waals surface area contributed by atoms with Gasteiger partial charge in [0.2, 0.25) is 0 Å². The summed E-state index contributed by atoms with van der Waals surface area (Å²) in [6.45, 7) is 3.81. The average molecular weight is 377 g/mol. The lowest BCUT2D eigenvalue weighted by atomic mass is 9.71. The van der Waals surface area contributed by atoms with Gasteiger partial charge in [0.15, 0.2) is 0 Å². The van der Waals surface area contributed by atoms with Crippen molar-refractivity contribution in [2.24, 2.45) is 13.0 Å². The minimum atomic E-state index is -0.395. The number of allylic oxidation sites excluding steroid dienone is 3. The third-order valence-electron chi connectivity index (χ3n) is 5.30. The molecule has 0 spiro atoms. The Morgan fingerprint density at radius 2 is 2.07 bits per heavy atom. The number of carbonyl (C=O) groups excluding carboxylic acids is 2. The lowest BCUT2D eigenvalue weighted by molar-refractivity contribution is -0.122. The largest absolute Gasteiger partial charge is 0.362 e. The van der Waals surface area contributed by atoms with Gasteiger partial charge in [0.25, 0.3) is 5.91 Å². The molecule has 0 fully saturated rings. The quantitative estimate of drug-likeness (QED) is 0.858. The van der Waals surface area contributed by atoms with Crippen molar-refractivity contribution in [3.63, 3.8) is 0 Å². The molecule has 0 aromatic carbocycles. The molecule has 2 aromatic rings. The van der Waals surface area contributed by atoms with Crippen LogP contribution < -0.4 is 10.6 Å². The Kier molecular flexibility index (Phi) is 4.58. The van der Waals surface area contributed by atoms with Crippen LogP contribution in [-0.4, -0.2) is 26.5 Å². The SMILES string of the molecule is CC1=C(C(=O)Nc2ccc(C)cn2)C(c2cnn(C)c2)C2C(=O)CCC=C2N1. The predicted molar refractivity (Wildman–Crippen MR) is 105 cm³/mol. The zero-order valence-corrected chi connectivity index (χ0v) is 16.2. The summed E-state index contributed by atoms with van der Waals surface area (Å²) in [6, 6.07) is 3.67. The van der Waals surface area contributed by atoms with E-state index in [0.717, 1.165) is 28.9 Å². The second kappa shape index (κ2) is 7.07. The molecule has 1 aliphatic heterocycles. The van der Waals surface area contributed by atoms with Crippen molar-refractivity contribution in [1.82, 2.24) is 20.1 Å². The van der Waals surface area contributed by atoms with Gasteiger partial charge in [-0.25, -0.2) is 4.98 Å². The van der Waals surface area contributed by atoms with Crippen LogP contribution in [0.5, 0.6) is 0 Å².